The van der Waals surface area contributed by atoms with Crippen molar-refractivity contribution in [3.05, 3.63) is 53.0 Å². The summed E-state index contributed by atoms with van der Waals surface area (Å²) in [4.78, 5) is 1.90. The van der Waals surface area contributed by atoms with Crippen molar-refractivity contribution in [2.75, 3.05) is 0 Å². The van der Waals surface area contributed by atoms with Crippen LogP contribution in [-0.2, 0) is 10.8 Å². The van der Waals surface area contributed by atoms with Gasteiger partial charge in [-0.15, -0.1) is 0 Å². The lowest BCUT2D eigenvalue weighted by Crippen LogP contribution is -1.93. The highest BCUT2D eigenvalue weighted by atomic mass is 32.2. The van der Waals surface area contributed by atoms with E-state index < -0.39 is 10.8 Å². The van der Waals surface area contributed by atoms with Crippen LogP contribution in [0.1, 0.15) is 13.3 Å². The molecule has 0 amide bonds. The van der Waals surface area contributed by atoms with Crippen molar-refractivity contribution in [1.82, 2.24) is 0 Å². The maximum Gasteiger partial charge on any atom is 0.0811 e. The predicted octanol–water partition coefficient (Wildman–Crippen LogP) is 3.03. The maximum absolute atomic E-state index is 12.0. The molecule has 14 heavy (non-hydrogen) atoms. The zero-order valence-electron chi connectivity index (χ0n) is 8.07. The molecule has 72 valence electrons. The van der Waals surface area contributed by atoms with Gasteiger partial charge in [0.2, 0.25) is 0 Å². The number of rotatable bonds is 2. The molecule has 0 saturated heterocycles. The molecule has 2 rings (SSSR count). The maximum atomic E-state index is 12.0. The van der Waals surface area contributed by atoms with Crippen LogP contribution in [0.3, 0.4) is 0 Å². The molecule has 0 aliphatic heterocycles. The van der Waals surface area contributed by atoms with Crippen molar-refractivity contribution in [3.8, 4) is 0 Å². The van der Waals surface area contributed by atoms with Gasteiger partial charge in [-0.25, -0.2) is 4.21 Å². The van der Waals surface area contributed by atoms with Crippen molar-refractivity contribution in [3.63, 3.8) is 0 Å². The molecule has 1 atom stereocenters. The van der Waals surface area contributed by atoms with Gasteiger partial charge in [-0.05, 0) is 31.6 Å². The highest BCUT2D eigenvalue weighted by molar-refractivity contribution is 7.89. The third-order valence-corrected chi connectivity index (χ3v) is 3.67. The number of hydrogen-bond donors (Lipinski definition) is 0. The molecule has 1 aliphatic rings. The Kier molecular flexibility index (Phi) is 2.64. The molecule has 1 nitrogen and oxygen atoms in total. The summed E-state index contributed by atoms with van der Waals surface area (Å²) < 4.78 is 12.0. The standard InChI is InChI=1S/C12H12OS/c1-10-7-8-12(9-10)14(13)11-5-3-2-4-6-11/h2-7,9H,8H2,1H3. The van der Waals surface area contributed by atoms with Crippen LogP contribution in [0.5, 0.6) is 0 Å². The molecule has 0 radical (unpaired) electrons. The molecule has 1 aliphatic carbocycles. The minimum absolute atomic E-state index is 0.827. The van der Waals surface area contributed by atoms with Gasteiger partial charge in [-0.2, -0.15) is 0 Å². The fraction of sp³-hybridized carbons (Fsp3) is 0.167. The molecule has 0 N–H and O–H groups in total. The zero-order valence-corrected chi connectivity index (χ0v) is 8.88. The van der Waals surface area contributed by atoms with Gasteiger partial charge in [0.25, 0.3) is 0 Å². The Balaban J connectivity index is 2.23. The molecule has 0 aromatic heterocycles. The van der Waals surface area contributed by atoms with E-state index in [9.17, 15) is 4.21 Å². The van der Waals surface area contributed by atoms with Gasteiger partial charge in [0.15, 0.2) is 0 Å². The first-order valence-electron chi connectivity index (χ1n) is 4.61. The van der Waals surface area contributed by atoms with Crippen LogP contribution in [0.2, 0.25) is 0 Å². The smallest absolute Gasteiger partial charge is 0.0811 e. The van der Waals surface area contributed by atoms with E-state index in [1.807, 2.05) is 43.3 Å². The van der Waals surface area contributed by atoms with E-state index in [1.165, 1.54) is 5.57 Å². The minimum Gasteiger partial charge on any atom is -0.249 e. The van der Waals surface area contributed by atoms with E-state index in [0.29, 0.717) is 0 Å². The van der Waals surface area contributed by atoms with Crippen LogP contribution < -0.4 is 0 Å². The highest BCUT2D eigenvalue weighted by Crippen LogP contribution is 2.24. The Morgan fingerprint density at radius 3 is 2.50 bits per heavy atom. The molecule has 0 bridgehead atoms. The average Bonchev–Trinajstić information content (AvgIpc) is 2.65. The zero-order chi connectivity index (χ0) is 9.97. The second-order valence-corrected chi connectivity index (χ2v) is 4.88. The molecule has 0 fully saturated rings. The summed E-state index contributed by atoms with van der Waals surface area (Å²) >= 11 is 0. The Morgan fingerprint density at radius 1 is 1.21 bits per heavy atom. The van der Waals surface area contributed by atoms with E-state index in [4.69, 9.17) is 0 Å². The van der Waals surface area contributed by atoms with E-state index in [0.717, 1.165) is 16.2 Å². The first kappa shape index (κ1) is 9.41. The van der Waals surface area contributed by atoms with Crippen LogP contribution in [0.25, 0.3) is 0 Å². The highest BCUT2D eigenvalue weighted by Gasteiger charge is 2.12. The molecule has 1 aromatic rings. The van der Waals surface area contributed by atoms with E-state index >= 15 is 0 Å². The van der Waals surface area contributed by atoms with E-state index in [-0.39, 0.29) is 0 Å². The molecule has 1 aromatic carbocycles. The third kappa shape index (κ3) is 1.85. The van der Waals surface area contributed by atoms with Crippen molar-refractivity contribution in [1.29, 1.82) is 0 Å². The SMILES string of the molecule is CC1=CCC(S(=O)c2ccccc2)=C1. The molecule has 0 saturated carbocycles. The quantitative estimate of drug-likeness (QED) is 0.723. The number of benzene rings is 1. The molecule has 0 spiro atoms. The Bertz CT molecular complexity index is 415. The summed E-state index contributed by atoms with van der Waals surface area (Å²) in [6, 6.07) is 9.59. The molecule has 0 heterocycles. The summed E-state index contributed by atoms with van der Waals surface area (Å²) in [5.41, 5.74) is 1.21. The molecule has 1 unspecified atom stereocenters. The van der Waals surface area contributed by atoms with E-state index in [2.05, 4.69) is 6.08 Å². The molecular formula is C12H12OS. The van der Waals surface area contributed by atoms with Crippen molar-refractivity contribution >= 4 is 10.8 Å². The normalized spacial score (nSPS) is 17.5. The summed E-state index contributed by atoms with van der Waals surface area (Å²) in [5, 5.41) is 0. The van der Waals surface area contributed by atoms with Gasteiger partial charge in [0.1, 0.15) is 0 Å². The summed E-state index contributed by atoms with van der Waals surface area (Å²) in [6.45, 7) is 2.04. The van der Waals surface area contributed by atoms with Gasteiger partial charge in [-0.1, -0.05) is 29.8 Å². The van der Waals surface area contributed by atoms with Crippen molar-refractivity contribution < 1.29 is 4.21 Å². The Morgan fingerprint density at radius 2 is 1.93 bits per heavy atom. The first-order valence-corrected chi connectivity index (χ1v) is 5.76. The van der Waals surface area contributed by atoms with Crippen molar-refractivity contribution in [2.24, 2.45) is 0 Å². The Hall–Kier alpha value is -1.15. The summed E-state index contributed by atoms with van der Waals surface area (Å²) in [7, 11) is -0.970. The topological polar surface area (TPSA) is 17.1 Å². The molecule has 2 heteroatoms. The van der Waals surface area contributed by atoms with Gasteiger partial charge >= 0.3 is 0 Å². The van der Waals surface area contributed by atoms with Crippen molar-refractivity contribution in [2.45, 2.75) is 18.2 Å². The predicted molar refractivity (Wildman–Crippen MR) is 59.3 cm³/mol. The van der Waals surface area contributed by atoms with Crippen LogP contribution in [0.4, 0.5) is 0 Å². The minimum atomic E-state index is -0.970. The summed E-state index contributed by atoms with van der Waals surface area (Å²) in [5.74, 6) is 0. The summed E-state index contributed by atoms with van der Waals surface area (Å²) in [6.07, 6.45) is 4.95. The lowest BCUT2D eigenvalue weighted by molar-refractivity contribution is 0.686. The van der Waals surface area contributed by atoms with Crippen LogP contribution in [0.15, 0.2) is 57.9 Å². The van der Waals surface area contributed by atoms with E-state index in [1.54, 1.807) is 0 Å². The number of allylic oxidation sites excluding steroid dienone is 4. The first-order chi connectivity index (χ1) is 6.77. The lowest BCUT2D eigenvalue weighted by atomic mass is 10.3. The Labute approximate surface area is 86.6 Å². The van der Waals surface area contributed by atoms with Gasteiger partial charge in [0.05, 0.1) is 10.8 Å². The fourth-order valence-electron chi connectivity index (χ4n) is 1.46. The van der Waals surface area contributed by atoms with Gasteiger partial charge in [0, 0.05) is 9.80 Å². The average molecular weight is 204 g/mol. The number of hydrogen-bond acceptors (Lipinski definition) is 1. The third-order valence-electron chi connectivity index (χ3n) is 2.21. The largest absolute Gasteiger partial charge is 0.249 e. The lowest BCUT2D eigenvalue weighted by Gasteiger charge is -2.01. The molecular weight excluding hydrogens is 192 g/mol. The monoisotopic (exact) mass is 204 g/mol. The van der Waals surface area contributed by atoms with Gasteiger partial charge < -0.3 is 0 Å². The van der Waals surface area contributed by atoms with Gasteiger partial charge in [-0.3, -0.25) is 0 Å². The second-order valence-electron chi connectivity index (χ2n) is 3.34. The van der Waals surface area contributed by atoms with Crippen LogP contribution >= 0.6 is 0 Å². The van der Waals surface area contributed by atoms with Crippen LogP contribution in [0, 0.1) is 0 Å². The van der Waals surface area contributed by atoms with Crippen LogP contribution in [-0.4, -0.2) is 4.21 Å². The second kappa shape index (κ2) is 3.93. The fourth-order valence-corrected chi connectivity index (χ4v) is 2.69.